The van der Waals surface area contributed by atoms with Crippen LogP contribution < -0.4 is 20.4 Å². The molecule has 33 heavy (non-hydrogen) atoms. The fourth-order valence-electron chi connectivity index (χ4n) is 4.01. The quantitative estimate of drug-likeness (QED) is 0.553. The standard InChI is InChI=1S/C20H19F3N8O2/c1-10(20(21,22)23)26-17(32)13-2-3-14-16(27-13)31(12-5-7-30(14)9-12)19(33)29-18-25-8-11-4-6-24-15(11)28-18/h2-4,6,8,10,12H,5,7,9H2,1H3,(H,26,32)(H2,24,25,28,29,33)/t10-,12+/m1/s1. The molecule has 0 saturated carbocycles. The third-order valence-corrected chi connectivity index (χ3v) is 5.76. The minimum Gasteiger partial charge on any atom is -0.366 e. The molecule has 1 fully saturated rings. The number of hydrogen-bond acceptors (Lipinski definition) is 6. The van der Waals surface area contributed by atoms with Gasteiger partial charge < -0.3 is 15.2 Å². The summed E-state index contributed by atoms with van der Waals surface area (Å²) in [6, 6.07) is 1.95. The molecular weight excluding hydrogens is 441 g/mol. The van der Waals surface area contributed by atoms with Crippen molar-refractivity contribution < 1.29 is 22.8 Å². The van der Waals surface area contributed by atoms with E-state index in [1.54, 1.807) is 24.5 Å². The van der Waals surface area contributed by atoms with Gasteiger partial charge in [0.05, 0.1) is 11.7 Å². The molecule has 0 unspecified atom stereocenters. The lowest BCUT2D eigenvalue weighted by molar-refractivity contribution is -0.149. The van der Waals surface area contributed by atoms with Crippen molar-refractivity contribution in [3.8, 4) is 0 Å². The Balaban J connectivity index is 1.43. The van der Waals surface area contributed by atoms with Crippen molar-refractivity contribution in [2.24, 2.45) is 0 Å². The molecule has 3 N–H and O–H groups in total. The SMILES string of the molecule is C[C@@H](NC(=O)c1ccc2c(n1)N(C(=O)Nc1ncc3cc[nH]c3n1)[C@H]1CCN2C1)C(F)(F)F. The van der Waals surface area contributed by atoms with Crippen molar-refractivity contribution in [2.75, 3.05) is 28.2 Å². The number of fused-ring (bicyclic) bond motifs is 5. The van der Waals surface area contributed by atoms with Crippen molar-refractivity contribution in [3.05, 3.63) is 36.3 Å². The van der Waals surface area contributed by atoms with Gasteiger partial charge in [0.1, 0.15) is 17.4 Å². The van der Waals surface area contributed by atoms with Crippen LogP contribution in [0.25, 0.3) is 11.0 Å². The Morgan fingerprint density at radius 3 is 2.85 bits per heavy atom. The molecule has 2 aliphatic rings. The zero-order valence-electron chi connectivity index (χ0n) is 17.3. The summed E-state index contributed by atoms with van der Waals surface area (Å²) in [5, 5.41) is 5.34. The number of amides is 3. The second-order valence-corrected chi connectivity index (χ2v) is 7.94. The van der Waals surface area contributed by atoms with Gasteiger partial charge in [0.15, 0.2) is 5.82 Å². The Labute approximate surface area is 185 Å². The average molecular weight is 460 g/mol. The Hall–Kier alpha value is -3.90. The van der Waals surface area contributed by atoms with Crippen LogP contribution in [0.2, 0.25) is 0 Å². The van der Waals surface area contributed by atoms with Crippen LogP contribution in [0.5, 0.6) is 0 Å². The van der Waals surface area contributed by atoms with E-state index in [-0.39, 0.29) is 23.5 Å². The zero-order valence-corrected chi connectivity index (χ0v) is 17.3. The minimum absolute atomic E-state index is 0.0878. The molecule has 172 valence electrons. The highest BCUT2D eigenvalue weighted by Crippen LogP contribution is 2.39. The number of rotatable bonds is 3. The predicted octanol–water partition coefficient (Wildman–Crippen LogP) is 2.66. The summed E-state index contributed by atoms with van der Waals surface area (Å²) < 4.78 is 38.5. The summed E-state index contributed by atoms with van der Waals surface area (Å²) in [6.07, 6.45) is -0.638. The highest BCUT2D eigenvalue weighted by molar-refractivity contribution is 6.04. The maximum atomic E-state index is 13.2. The van der Waals surface area contributed by atoms with E-state index in [2.05, 4.69) is 25.3 Å². The number of H-pyrrole nitrogens is 1. The molecule has 2 atom stereocenters. The lowest BCUT2D eigenvalue weighted by Gasteiger charge is -2.35. The molecule has 3 aromatic heterocycles. The number of carbonyl (C=O) groups is 2. The lowest BCUT2D eigenvalue weighted by atomic mass is 10.1. The van der Waals surface area contributed by atoms with Gasteiger partial charge in [0.2, 0.25) is 5.95 Å². The first-order chi connectivity index (χ1) is 15.7. The van der Waals surface area contributed by atoms with Gasteiger partial charge in [-0.2, -0.15) is 18.2 Å². The molecule has 0 radical (unpaired) electrons. The van der Waals surface area contributed by atoms with Crippen LogP contribution in [0.1, 0.15) is 23.8 Å². The van der Waals surface area contributed by atoms with Crippen LogP contribution in [0, 0.1) is 0 Å². The van der Waals surface area contributed by atoms with E-state index in [0.717, 1.165) is 12.3 Å². The molecule has 0 aromatic carbocycles. The van der Waals surface area contributed by atoms with E-state index in [0.29, 0.717) is 30.8 Å². The summed E-state index contributed by atoms with van der Waals surface area (Å²) in [7, 11) is 0. The molecule has 3 amide bonds. The summed E-state index contributed by atoms with van der Waals surface area (Å²) in [4.78, 5) is 44.7. The molecule has 5 rings (SSSR count). The van der Waals surface area contributed by atoms with Crippen molar-refractivity contribution in [3.63, 3.8) is 0 Å². The predicted molar refractivity (Wildman–Crippen MR) is 113 cm³/mol. The van der Waals surface area contributed by atoms with Gasteiger partial charge in [-0.25, -0.2) is 14.8 Å². The fourth-order valence-corrected chi connectivity index (χ4v) is 4.01. The van der Waals surface area contributed by atoms with Crippen molar-refractivity contribution in [2.45, 2.75) is 31.6 Å². The van der Waals surface area contributed by atoms with Gasteiger partial charge in [0.25, 0.3) is 5.91 Å². The van der Waals surface area contributed by atoms with Gasteiger partial charge in [-0.1, -0.05) is 0 Å². The molecule has 0 aliphatic carbocycles. The largest absolute Gasteiger partial charge is 0.408 e. The highest BCUT2D eigenvalue weighted by Gasteiger charge is 2.41. The number of carbonyl (C=O) groups excluding carboxylic acids is 2. The number of nitrogens with zero attached hydrogens (tertiary/aromatic N) is 5. The van der Waals surface area contributed by atoms with E-state index in [4.69, 9.17) is 0 Å². The topological polar surface area (TPSA) is 119 Å². The van der Waals surface area contributed by atoms with Crippen LogP contribution in [0.4, 0.5) is 35.4 Å². The Bertz CT molecular complexity index is 1240. The van der Waals surface area contributed by atoms with E-state index in [1.165, 1.54) is 11.0 Å². The van der Waals surface area contributed by atoms with Gasteiger partial charge in [0, 0.05) is 30.9 Å². The molecule has 2 bridgehead atoms. The first kappa shape index (κ1) is 21.0. The second-order valence-electron chi connectivity index (χ2n) is 7.94. The average Bonchev–Trinajstić information content (AvgIpc) is 3.40. The van der Waals surface area contributed by atoms with Gasteiger partial charge in [-0.05, 0) is 31.5 Å². The Morgan fingerprint density at radius 2 is 2.06 bits per heavy atom. The van der Waals surface area contributed by atoms with Crippen LogP contribution in [0.3, 0.4) is 0 Å². The molecule has 5 heterocycles. The number of alkyl halides is 3. The third kappa shape index (κ3) is 3.79. The van der Waals surface area contributed by atoms with E-state index in [9.17, 15) is 22.8 Å². The molecule has 1 saturated heterocycles. The number of nitrogens with one attached hydrogen (secondary N) is 3. The summed E-state index contributed by atoms with van der Waals surface area (Å²) >= 11 is 0. The van der Waals surface area contributed by atoms with E-state index >= 15 is 0 Å². The van der Waals surface area contributed by atoms with Crippen molar-refractivity contribution in [1.82, 2.24) is 25.3 Å². The summed E-state index contributed by atoms with van der Waals surface area (Å²) in [6.45, 7) is 2.11. The molecular formula is C20H19F3N8O2. The molecule has 2 aliphatic heterocycles. The number of anilines is 3. The Morgan fingerprint density at radius 1 is 1.24 bits per heavy atom. The van der Waals surface area contributed by atoms with Gasteiger partial charge >= 0.3 is 12.2 Å². The van der Waals surface area contributed by atoms with Crippen LogP contribution in [-0.4, -0.2) is 63.2 Å². The zero-order chi connectivity index (χ0) is 23.3. The number of urea groups is 1. The highest BCUT2D eigenvalue weighted by atomic mass is 19.4. The van der Waals surface area contributed by atoms with Crippen LogP contribution in [-0.2, 0) is 0 Å². The maximum Gasteiger partial charge on any atom is 0.408 e. The maximum absolute atomic E-state index is 13.2. The number of aromatic amines is 1. The molecule has 13 heteroatoms. The first-order valence-corrected chi connectivity index (χ1v) is 10.2. The number of pyridine rings is 1. The normalized spacial score (nSPS) is 18.2. The van der Waals surface area contributed by atoms with E-state index in [1.807, 2.05) is 10.2 Å². The minimum atomic E-state index is -4.58. The van der Waals surface area contributed by atoms with Crippen LogP contribution in [0.15, 0.2) is 30.6 Å². The number of halogens is 3. The monoisotopic (exact) mass is 460 g/mol. The number of aromatic nitrogens is 4. The fraction of sp³-hybridized carbons (Fsp3) is 0.350. The third-order valence-electron chi connectivity index (χ3n) is 5.76. The lowest BCUT2D eigenvalue weighted by Crippen LogP contribution is -2.49. The molecule has 10 nitrogen and oxygen atoms in total. The van der Waals surface area contributed by atoms with Gasteiger partial charge in [-0.3, -0.25) is 15.0 Å². The van der Waals surface area contributed by atoms with Crippen LogP contribution >= 0.6 is 0 Å². The van der Waals surface area contributed by atoms with Crippen molar-refractivity contribution >= 4 is 40.4 Å². The smallest absolute Gasteiger partial charge is 0.366 e. The molecule has 0 spiro atoms. The Kier molecular flexibility index (Phi) is 4.83. The first-order valence-electron chi connectivity index (χ1n) is 10.2. The second kappa shape index (κ2) is 7.60. The molecule has 3 aromatic rings. The summed E-state index contributed by atoms with van der Waals surface area (Å²) in [5.74, 6) is -0.684. The van der Waals surface area contributed by atoms with E-state index < -0.39 is 24.2 Å². The number of hydrogen-bond donors (Lipinski definition) is 3. The van der Waals surface area contributed by atoms with Crippen molar-refractivity contribution in [1.29, 1.82) is 0 Å². The van der Waals surface area contributed by atoms with Gasteiger partial charge in [-0.15, -0.1) is 0 Å². The summed E-state index contributed by atoms with van der Waals surface area (Å²) in [5.41, 5.74) is 0.969.